The van der Waals surface area contributed by atoms with Gasteiger partial charge in [0.25, 0.3) is 5.91 Å². The highest BCUT2D eigenvalue weighted by molar-refractivity contribution is 5.92. The van der Waals surface area contributed by atoms with E-state index < -0.39 is 12.1 Å². The molecule has 5 nitrogen and oxygen atoms in total. The molecule has 112 valence electrons. The monoisotopic (exact) mass is 296 g/mol. The van der Waals surface area contributed by atoms with Gasteiger partial charge in [-0.15, -0.1) is 0 Å². The molecule has 1 atom stereocenters. The zero-order valence-corrected chi connectivity index (χ0v) is 11.9. The second kappa shape index (κ2) is 6.39. The molecule has 5 heteroatoms. The lowest BCUT2D eigenvalue weighted by Gasteiger charge is -2.17. The standard InChI is InChI=1S/C17H16N2O3/c20-16(19-14-8-9-14)15(12-5-2-1-3-6-12)22-17(21)13-7-4-10-18-11-13/h1-7,10-11,14-15H,8-9H2,(H,19,20)/t15-/m0/s1. The van der Waals surface area contributed by atoms with Gasteiger partial charge < -0.3 is 10.1 Å². The molecule has 0 aliphatic heterocycles. The minimum Gasteiger partial charge on any atom is -0.444 e. The molecule has 1 heterocycles. The Labute approximate surface area is 128 Å². The van der Waals surface area contributed by atoms with Gasteiger partial charge in [-0.2, -0.15) is 0 Å². The maximum Gasteiger partial charge on any atom is 0.340 e. The van der Waals surface area contributed by atoms with E-state index in [1.807, 2.05) is 18.2 Å². The maximum absolute atomic E-state index is 12.4. The second-order valence-corrected chi connectivity index (χ2v) is 5.22. The molecule has 1 aliphatic rings. The average molecular weight is 296 g/mol. The maximum atomic E-state index is 12.4. The van der Waals surface area contributed by atoms with Crippen LogP contribution in [0.1, 0.15) is 34.9 Å². The van der Waals surface area contributed by atoms with Crippen LogP contribution in [0.25, 0.3) is 0 Å². The van der Waals surface area contributed by atoms with E-state index in [0.29, 0.717) is 11.1 Å². The molecule has 1 N–H and O–H groups in total. The molecule has 1 aromatic heterocycles. The summed E-state index contributed by atoms with van der Waals surface area (Å²) in [5.74, 6) is -0.848. The van der Waals surface area contributed by atoms with Gasteiger partial charge in [0, 0.05) is 24.0 Å². The van der Waals surface area contributed by atoms with Crippen molar-refractivity contribution in [1.29, 1.82) is 0 Å². The highest BCUT2D eigenvalue weighted by Gasteiger charge is 2.31. The van der Waals surface area contributed by atoms with Crippen LogP contribution < -0.4 is 5.32 Å². The lowest BCUT2D eigenvalue weighted by atomic mass is 10.1. The summed E-state index contributed by atoms with van der Waals surface area (Å²) < 4.78 is 5.42. The number of nitrogens with one attached hydrogen (secondary N) is 1. The Morgan fingerprint density at radius 2 is 1.91 bits per heavy atom. The number of carbonyl (C=O) groups excluding carboxylic acids is 2. The SMILES string of the molecule is O=C(O[C@H](C(=O)NC1CC1)c1ccccc1)c1cccnc1. The summed E-state index contributed by atoms with van der Waals surface area (Å²) in [7, 11) is 0. The Morgan fingerprint density at radius 3 is 2.55 bits per heavy atom. The van der Waals surface area contributed by atoms with Crippen LogP contribution in [-0.4, -0.2) is 22.9 Å². The Bertz CT molecular complexity index is 654. The van der Waals surface area contributed by atoms with Gasteiger partial charge in [0.05, 0.1) is 5.56 Å². The van der Waals surface area contributed by atoms with E-state index in [1.54, 1.807) is 30.5 Å². The summed E-state index contributed by atoms with van der Waals surface area (Å²) in [6.07, 6.45) is 4.00. The van der Waals surface area contributed by atoms with E-state index in [9.17, 15) is 9.59 Å². The van der Waals surface area contributed by atoms with Crippen molar-refractivity contribution in [2.24, 2.45) is 0 Å². The van der Waals surface area contributed by atoms with E-state index >= 15 is 0 Å². The molecule has 0 saturated heterocycles. The fourth-order valence-electron chi connectivity index (χ4n) is 2.06. The molecule has 1 fully saturated rings. The first-order valence-electron chi connectivity index (χ1n) is 7.20. The smallest absolute Gasteiger partial charge is 0.340 e. The highest BCUT2D eigenvalue weighted by atomic mass is 16.5. The van der Waals surface area contributed by atoms with Gasteiger partial charge >= 0.3 is 5.97 Å². The van der Waals surface area contributed by atoms with Gasteiger partial charge in [-0.3, -0.25) is 9.78 Å². The summed E-state index contributed by atoms with van der Waals surface area (Å²) in [5.41, 5.74) is 0.973. The highest BCUT2D eigenvalue weighted by Crippen LogP contribution is 2.23. The van der Waals surface area contributed by atoms with Crippen LogP contribution in [0.15, 0.2) is 54.9 Å². The average Bonchev–Trinajstić information content (AvgIpc) is 3.38. The number of carbonyl (C=O) groups is 2. The lowest BCUT2D eigenvalue weighted by molar-refractivity contribution is -0.130. The topological polar surface area (TPSA) is 68.3 Å². The van der Waals surface area contributed by atoms with Crippen molar-refractivity contribution in [3.63, 3.8) is 0 Å². The predicted octanol–water partition coefficient (Wildman–Crippen LogP) is 2.26. The number of benzene rings is 1. The normalized spacial score (nSPS) is 14.9. The summed E-state index contributed by atoms with van der Waals surface area (Å²) in [6, 6.07) is 12.5. The molecule has 1 saturated carbocycles. The number of pyridine rings is 1. The number of hydrogen-bond acceptors (Lipinski definition) is 4. The number of nitrogens with zero attached hydrogens (tertiary/aromatic N) is 1. The van der Waals surface area contributed by atoms with Crippen LogP contribution >= 0.6 is 0 Å². The van der Waals surface area contributed by atoms with E-state index in [-0.39, 0.29) is 11.9 Å². The van der Waals surface area contributed by atoms with E-state index in [2.05, 4.69) is 10.3 Å². The molecule has 0 bridgehead atoms. The quantitative estimate of drug-likeness (QED) is 0.859. The van der Waals surface area contributed by atoms with E-state index in [4.69, 9.17) is 4.74 Å². The Morgan fingerprint density at radius 1 is 1.14 bits per heavy atom. The van der Waals surface area contributed by atoms with Crippen molar-refractivity contribution >= 4 is 11.9 Å². The minimum absolute atomic E-state index is 0.204. The first-order valence-corrected chi connectivity index (χ1v) is 7.20. The third kappa shape index (κ3) is 3.49. The number of ether oxygens (including phenoxy) is 1. The number of rotatable bonds is 5. The molecular formula is C17H16N2O3. The summed E-state index contributed by atoms with van der Waals surface area (Å²) >= 11 is 0. The van der Waals surface area contributed by atoms with E-state index in [0.717, 1.165) is 12.8 Å². The van der Waals surface area contributed by atoms with Crippen LogP contribution in [0, 0.1) is 0 Å². The lowest BCUT2D eigenvalue weighted by Crippen LogP contribution is -2.33. The van der Waals surface area contributed by atoms with Gasteiger partial charge in [0.2, 0.25) is 6.10 Å². The first kappa shape index (κ1) is 14.3. The fourth-order valence-corrected chi connectivity index (χ4v) is 2.06. The van der Waals surface area contributed by atoms with Crippen LogP contribution in [0.4, 0.5) is 0 Å². The van der Waals surface area contributed by atoms with Crippen molar-refractivity contribution in [2.75, 3.05) is 0 Å². The van der Waals surface area contributed by atoms with E-state index in [1.165, 1.54) is 6.20 Å². The molecule has 0 unspecified atom stereocenters. The van der Waals surface area contributed by atoms with Crippen LogP contribution in [0.5, 0.6) is 0 Å². The summed E-state index contributed by atoms with van der Waals surface area (Å²) in [4.78, 5) is 28.4. The predicted molar refractivity (Wildman–Crippen MR) is 80.0 cm³/mol. The summed E-state index contributed by atoms with van der Waals surface area (Å²) in [6.45, 7) is 0. The third-order valence-electron chi connectivity index (χ3n) is 3.39. The van der Waals surface area contributed by atoms with Gasteiger partial charge in [-0.1, -0.05) is 30.3 Å². The zero-order chi connectivity index (χ0) is 15.4. The number of aromatic nitrogens is 1. The van der Waals surface area contributed by atoms with Gasteiger partial charge in [-0.25, -0.2) is 4.79 Å². The molecular weight excluding hydrogens is 280 g/mol. The molecule has 1 amide bonds. The van der Waals surface area contributed by atoms with Gasteiger partial charge in [0.1, 0.15) is 0 Å². The van der Waals surface area contributed by atoms with Crippen molar-refractivity contribution in [2.45, 2.75) is 25.0 Å². The largest absolute Gasteiger partial charge is 0.444 e. The Balaban J connectivity index is 1.79. The van der Waals surface area contributed by atoms with Crippen LogP contribution in [0.2, 0.25) is 0 Å². The molecule has 1 aromatic carbocycles. The molecule has 22 heavy (non-hydrogen) atoms. The fraction of sp³-hybridized carbons (Fsp3) is 0.235. The van der Waals surface area contributed by atoms with Crippen LogP contribution in [-0.2, 0) is 9.53 Å². The summed E-state index contributed by atoms with van der Waals surface area (Å²) in [5, 5.41) is 2.88. The Kier molecular flexibility index (Phi) is 4.14. The number of hydrogen-bond donors (Lipinski definition) is 1. The molecule has 3 rings (SSSR count). The second-order valence-electron chi connectivity index (χ2n) is 5.22. The number of esters is 1. The van der Waals surface area contributed by atoms with Crippen molar-refractivity contribution in [3.05, 3.63) is 66.0 Å². The zero-order valence-electron chi connectivity index (χ0n) is 11.9. The van der Waals surface area contributed by atoms with Crippen molar-refractivity contribution in [3.8, 4) is 0 Å². The minimum atomic E-state index is -0.950. The van der Waals surface area contributed by atoms with Gasteiger partial charge in [0.15, 0.2) is 0 Å². The Hall–Kier alpha value is -2.69. The molecule has 1 aliphatic carbocycles. The third-order valence-corrected chi connectivity index (χ3v) is 3.39. The van der Waals surface area contributed by atoms with Crippen LogP contribution in [0.3, 0.4) is 0 Å². The van der Waals surface area contributed by atoms with Gasteiger partial charge in [-0.05, 0) is 25.0 Å². The molecule has 2 aromatic rings. The number of amides is 1. The first-order chi connectivity index (χ1) is 10.7. The molecule has 0 radical (unpaired) electrons. The van der Waals surface area contributed by atoms with Crippen molar-refractivity contribution in [1.82, 2.24) is 10.3 Å². The molecule has 0 spiro atoms. The van der Waals surface area contributed by atoms with Crippen molar-refractivity contribution < 1.29 is 14.3 Å².